The van der Waals surface area contributed by atoms with Gasteiger partial charge in [0.15, 0.2) is 9.87 Å². The minimum atomic E-state index is -0.941. The first-order valence-corrected chi connectivity index (χ1v) is 4.08. The number of aliphatic hydroxyl groups is 2. The number of rotatable bonds is 0. The first-order valence-electron chi connectivity index (χ1n) is 2.84. The van der Waals surface area contributed by atoms with Crippen molar-refractivity contribution in [1.82, 2.24) is 10.2 Å². The third kappa shape index (κ3) is 1.35. The topological polar surface area (TPSA) is 72.8 Å². The Labute approximate surface area is 76.8 Å². The van der Waals surface area contributed by atoms with E-state index < -0.39 is 11.9 Å². The number of nitrogens with one attached hydrogen (secondary N) is 1. The van der Waals surface area contributed by atoms with Gasteiger partial charge in [-0.2, -0.15) is 0 Å². The highest BCUT2D eigenvalue weighted by Crippen LogP contribution is 2.19. The number of alkyl halides is 1. The number of aliphatic hydroxyl groups excluding tert-OH is 1. The summed E-state index contributed by atoms with van der Waals surface area (Å²) in [7, 11) is 1.59. The van der Waals surface area contributed by atoms with Gasteiger partial charge in [-0.1, -0.05) is 0 Å². The molecular formula is C5H7IN2O3. The van der Waals surface area contributed by atoms with E-state index in [1.165, 1.54) is 4.90 Å². The number of hydrogen-bond donors (Lipinski definition) is 3. The van der Waals surface area contributed by atoms with Gasteiger partial charge in [-0.25, -0.2) is 0 Å². The first kappa shape index (κ1) is 8.44. The van der Waals surface area contributed by atoms with E-state index in [0.29, 0.717) is 0 Å². The smallest absolute Gasteiger partial charge is 0.304 e. The molecule has 3 N–H and O–H groups in total. The van der Waals surface area contributed by atoms with Gasteiger partial charge in [-0.15, -0.1) is 0 Å². The quantitative estimate of drug-likeness (QED) is 0.191. The van der Waals surface area contributed by atoms with Gasteiger partial charge < -0.3 is 20.4 Å². The molecule has 62 valence electrons. The van der Waals surface area contributed by atoms with Gasteiger partial charge in [-0.3, -0.25) is 4.79 Å². The number of nitrogens with zero attached hydrogens (tertiary/aromatic N) is 1. The molecule has 0 aromatic rings. The molecule has 1 fully saturated rings. The lowest BCUT2D eigenvalue weighted by molar-refractivity contribution is -0.116. The molecular weight excluding hydrogens is 263 g/mol. The number of carbonyl (C=O) groups excluding carboxylic acids is 1. The second-order valence-electron chi connectivity index (χ2n) is 2.09. The van der Waals surface area contributed by atoms with Crippen molar-refractivity contribution in [3.8, 4) is 0 Å². The average molecular weight is 270 g/mol. The molecule has 1 aliphatic rings. The van der Waals surface area contributed by atoms with E-state index in [0.717, 1.165) is 0 Å². The van der Waals surface area contributed by atoms with Crippen LogP contribution in [0.1, 0.15) is 0 Å². The molecule has 1 saturated heterocycles. The fourth-order valence-corrected chi connectivity index (χ4v) is 1.37. The van der Waals surface area contributed by atoms with Crippen molar-refractivity contribution in [2.24, 2.45) is 0 Å². The molecule has 1 atom stereocenters. The van der Waals surface area contributed by atoms with Crippen molar-refractivity contribution < 1.29 is 15.0 Å². The number of amides is 1. The largest absolute Gasteiger partial charge is 0.479 e. The van der Waals surface area contributed by atoms with E-state index in [1.54, 1.807) is 7.05 Å². The fourth-order valence-electron chi connectivity index (χ4n) is 0.806. The van der Waals surface area contributed by atoms with Gasteiger partial charge in [0, 0.05) is 7.05 Å². The zero-order chi connectivity index (χ0) is 8.59. The van der Waals surface area contributed by atoms with E-state index in [2.05, 4.69) is 5.32 Å². The second kappa shape index (κ2) is 2.76. The van der Waals surface area contributed by atoms with Crippen LogP contribution < -0.4 is 5.32 Å². The third-order valence-corrected chi connectivity index (χ3v) is 2.52. The molecule has 0 spiro atoms. The predicted octanol–water partition coefficient (Wildman–Crippen LogP) is 0.0517. The van der Waals surface area contributed by atoms with Crippen molar-refractivity contribution in [2.45, 2.75) is 4.17 Å². The number of hydrogen-bond acceptors (Lipinski definition) is 4. The van der Waals surface area contributed by atoms with Crippen molar-refractivity contribution >= 4 is 28.5 Å². The molecule has 0 saturated carbocycles. The normalized spacial score (nSPS) is 23.8. The molecule has 1 rings (SSSR count). The van der Waals surface area contributed by atoms with E-state index >= 15 is 0 Å². The molecule has 0 radical (unpaired) electrons. The molecule has 1 aliphatic heterocycles. The zero-order valence-corrected chi connectivity index (χ0v) is 7.86. The molecule has 5 nitrogen and oxygen atoms in total. The number of likely N-dealkylation sites (N-methyl/N-ethyl adjacent to an activating group) is 1. The Balaban J connectivity index is 2.98. The lowest BCUT2D eigenvalue weighted by atomic mass is 10.4. The standard InChI is InChI=1S/C5H7IN2O3/c1-8-2(4(10)11)3(9)7-5(8)6/h5,10-11H,1H3,(H,7,9). The van der Waals surface area contributed by atoms with Gasteiger partial charge in [0.2, 0.25) is 0 Å². The van der Waals surface area contributed by atoms with Crippen LogP contribution in [0.2, 0.25) is 0 Å². The third-order valence-electron chi connectivity index (χ3n) is 1.37. The van der Waals surface area contributed by atoms with Crippen LogP contribution in [0.25, 0.3) is 0 Å². The maximum atomic E-state index is 10.9. The van der Waals surface area contributed by atoms with Crippen LogP contribution in [0.5, 0.6) is 0 Å². The van der Waals surface area contributed by atoms with Crippen molar-refractivity contribution in [2.75, 3.05) is 7.05 Å². The van der Waals surface area contributed by atoms with Crippen molar-refractivity contribution in [1.29, 1.82) is 0 Å². The van der Waals surface area contributed by atoms with Gasteiger partial charge >= 0.3 is 5.95 Å². The molecule has 1 unspecified atom stereocenters. The Morgan fingerprint density at radius 2 is 2.27 bits per heavy atom. The summed E-state index contributed by atoms with van der Waals surface area (Å²) in [5.74, 6) is -1.41. The summed E-state index contributed by atoms with van der Waals surface area (Å²) >= 11 is 1.96. The van der Waals surface area contributed by atoms with Gasteiger partial charge in [0.05, 0.1) is 0 Å². The summed E-state index contributed by atoms with van der Waals surface area (Å²) in [5.41, 5.74) is -0.0931. The minimum Gasteiger partial charge on any atom is -0.479 e. The van der Waals surface area contributed by atoms with Crippen molar-refractivity contribution in [3.05, 3.63) is 11.6 Å². The van der Waals surface area contributed by atoms with Crippen LogP contribution in [0.15, 0.2) is 11.6 Å². The highest BCUT2D eigenvalue weighted by molar-refractivity contribution is 14.1. The van der Waals surface area contributed by atoms with Gasteiger partial charge in [0.25, 0.3) is 5.91 Å². The Bertz CT molecular complexity index is 224. The fraction of sp³-hybridized carbons (Fsp3) is 0.400. The molecule has 0 aromatic carbocycles. The first-order chi connectivity index (χ1) is 5.04. The minimum absolute atomic E-state index is 0.0931. The SMILES string of the molecule is CN1C(=C(O)O)C(=O)NC1I. The van der Waals surface area contributed by atoms with Crippen LogP contribution >= 0.6 is 22.6 Å². The lowest BCUT2D eigenvalue weighted by Crippen LogP contribution is -2.26. The van der Waals surface area contributed by atoms with Crippen LogP contribution in [-0.2, 0) is 4.79 Å². The zero-order valence-electron chi connectivity index (χ0n) is 5.71. The van der Waals surface area contributed by atoms with Gasteiger partial charge in [-0.05, 0) is 22.6 Å². The summed E-state index contributed by atoms with van der Waals surface area (Å²) < 4.78 is -0.218. The van der Waals surface area contributed by atoms with Crippen molar-refractivity contribution in [3.63, 3.8) is 0 Å². The summed E-state index contributed by atoms with van der Waals surface area (Å²) in [6, 6.07) is 0. The van der Waals surface area contributed by atoms with Crippen LogP contribution in [0, 0.1) is 0 Å². The number of carbonyl (C=O) groups is 1. The number of halogens is 1. The molecule has 1 heterocycles. The summed E-state index contributed by atoms with van der Waals surface area (Å²) in [4.78, 5) is 12.3. The summed E-state index contributed by atoms with van der Waals surface area (Å²) in [6.07, 6.45) is 0. The van der Waals surface area contributed by atoms with E-state index in [9.17, 15) is 4.79 Å². The highest BCUT2D eigenvalue weighted by Gasteiger charge is 2.32. The van der Waals surface area contributed by atoms with Gasteiger partial charge in [0.1, 0.15) is 0 Å². The lowest BCUT2D eigenvalue weighted by Gasteiger charge is -2.13. The predicted molar refractivity (Wildman–Crippen MR) is 46.0 cm³/mol. The highest BCUT2D eigenvalue weighted by atomic mass is 127. The Kier molecular flexibility index (Phi) is 2.12. The molecule has 0 bridgehead atoms. The Morgan fingerprint density at radius 3 is 2.45 bits per heavy atom. The molecule has 11 heavy (non-hydrogen) atoms. The summed E-state index contributed by atoms with van der Waals surface area (Å²) in [5, 5.41) is 19.8. The van der Waals surface area contributed by atoms with Crippen LogP contribution in [0.4, 0.5) is 0 Å². The molecule has 0 aromatic heterocycles. The van der Waals surface area contributed by atoms with E-state index in [1.807, 2.05) is 22.6 Å². The molecule has 1 amide bonds. The average Bonchev–Trinajstić information content (AvgIpc) is 2.07. The van der Waals surface area contributed by atoms with E-state index in [4.69, 9.17) is 10.2 Å². The Morgan fingerprint density at radius 1 is 1.73 bits per heavy atom. The molecule has 0 aliphatic carbocycles. The monoisotopic (exact) mass is 270 g/mol. The van der Waals surface area contributed by atoms with Crippen LogP contribution in [0.3, 0.4) is 0 Å². The summed E-state index contributed by atoms with van der Waals surface area (Å²) in [6.45, 7) is 0. The van der Waals surface area contributed by atoms with Crippen LogP contribution in [-0.4, -0.2) is 32.2 Å². The molecule has 6 heteroatoms. The maximum Gasteiger partial charge on any atom is 0.304 e. The maximum absolute atomic E-state index is 10.9. The second-order valence-corrected chi connectivity index (χ2v) is 3.27. The van der Waals surface area contributed by atoms with E-state index in [-0.39, 0.29) is 9.87 Å². The Hall–Kier alpha value is -0.660.